The minimum absolute atomic E-state index is 0.00717. The minimum atomic E-state index is -0.510. The number of halogens is 2. The van der Waals surface area contributed by atoms with Crippen LogP contribution in [0.1, 0.15) is 18.9 Å². The van der Waals surface area contributed by atoms with Gasteiger partial charge in [0.2, 0.25) is 0 Å². The summed E-state index contributed by atoms with van der Waals surface area (Å²) in [6.07, 6.45) is 2.40. The van der Waals surface area contributed by atoms with Crippen LogP contribution in [-0.2, 0) is 9.59 Å². The zero-order chi connectivity index (χ0) is 16.3. The van der Waals surface area contributed by atoms with E-state index in [0.29, 0.717) is 17.9 Å². The van der Waals surface area contributed by atoms with Crippen LogP contribution in [0, 0.1) is 7.14 Å². The molecule has 1 saturated heterocycles. The average molecular weight is 542 g/mol. The molecule has 0 aromatic heterocycles. The van der Waals surface area contributed by atoms with Crippen molar-refractivity contribution >= 4 is 80.4 Å². The van der Waals surface area contributed by atoms with Crippen molar-refractivity contribution in [2.45, 2.75) is 13.3 Å². The summed E-state index contributed by atoms with van der Waals surface area (Å²) in [5.41, 5.74) is 0.700. The standard InChI is InChI=1S/C14H12I2N2O3S/c1-2-3-21-11-7(4-8(15)6-10(11)16)5-9-12(19)17-14(22)18-13(9)20/h4-6H,2-3H2,1H3,(H2,17,18,19,20,22). The van der Waals surface area contributed by atoms with Gasteiger partial charge in [-0.2, -0.15) is 0 Å². The number of benzene rings is 1. The number of carbonyl (C=O) groups excluding carboxylic acids is 2. The highest BCUT2D eigenvalue weighted by molar-refractivity contribution is 14.1. The van der Waals surface area contributed by atoms with Gasteiger partial charge in [-0.05, 0) is 82.0 Å². The Labute approximate surface area is 160 Å². The second-order valence-electron chi connectivity index (χ2n) is 4.45. The van der Waals surface area contributed by atoms with E-state index in [4.69, 9.17) is 17.0 Å². The molecule has 0 unspecified atom stereocenters. The highest BCUT2D eigenvalue weighted by atomic mass is 127. The third-order valence-electron chi connectivity index (χ3n) is 2.73. The van der Waals surface area contributed by atoms with Gasteiger partial charge in [0.1, 0.15) is 11.3 Å². The largest absolute Gasteiger partial charge is 0.492 e. The molecule has 5 nitrogen and oxygen atoms in total. The Balaban J connectivity index is 2.47. The third kappa shape index (κ3) is 4.16. The third-order valence-corrected chi connectivity index (χ3v) is 4.36. The van der Waals surface area contributed by atoms with E-state index in [2.05, 4.69) is 55.8 Å². The lowest BCUT2D eigenvalue weighted by Gasteiger charge is -2.17. The fourth-order valence-electron chi connectivity index (χ4n) is 1.81. The maximum absolute atomic E-state index is 11.9. The molecule has 0 bridgehead atoms. The SMILES string of the molecule is CCCOc1c(I)cc(I)cc1C=C1C(=O)NC(=S)NC1=O. The van der Waals surface area contributed by atoms with Crippen molar-refractivity contribution in [1.82, 2.24) is 10.6 Å². The first-order chi connectivity index (χ1) is 10.4. The summed E-state index contributed by atoms with van der Waals surface area (Å²) in [5.74, 6) is -0.350. The molecule has 0 radical (unpaired) electrons. The predicted molar refractivity (Wildman–Crippen MR) is 105 cm³/mol. The lowest BCUT2D eigenvalue weighted by Crippen LogP contribution is -2.51. The Morgan fingerprint density at radius 2 is 1.86 bits per heavy atom. The van der Waals surface area contributed by atoms with Gasteiger partial charge in [0, 0.05) is 9.13 Å². The molecule has 2 N–H and O–H groups in total. The quantitative estimate of drug-likeness (QED) is 0.266. The van der Waals surface area contributed by atoms with Crippen molar-refractivity contribution in [3.8, 4) is 5.75 Å². The van der Waals surface area contributed by atoms with Crippen LogP contribution in [0.15, 0.2) is 17.7 Å². The van der Waals surface area contributed by atoms with Crippen LogP contribution in [-0.4, -0.2) is 23.5 Å². The molecule has 2 rings (SSSR count). The molecule has 1 heterocycles. The summed E-state index contributed by atoms with van der Waals surface area (Å²) < 4.78 is 7.68. The second kappa shape index (κ2) is 7.68. The molecule has 1 aliphatic rings. The van der Waals surface area contributed by atoms with Crippen LogP contribution >= 0.6 is 57.4 Å². The number of rotatable bonds is 4. The molecule has 0 spiro atoms. The van der Waals surface area contributed by atoms with Crippen molar-refractivity contribution < 1.29 is 14.3 Å². The molecule has 22 heavy (non-hydrogen) atoms. The summed E-state index contributed by atoms with van der Waals surface area (Å²) in [6.45, 7) is 2.58. The highest BCUT2D eigenvalue weighted by Crippen LogP contribution is 2.30. The summed E-state index contributed by atoms with van der Waals surface area (Å²) in [6, 6.07) is 3.85. The van der Waals surface area contributed by atoms with Gasteiger partial charge in [0.05, 0.1) is 10.2 Å². The van der Waals surface area contributed by atoms with E-state index in [1.54, 1.807) is 0 Å². The first-order valence-electron chi connectivity index (χ1n) is 6.42. The Morgan fingerprint density at radius 1 is 1.23 bits per heavy atom. The molecule has 1 aromatic rings. The average Bonchev–Trinajstić information content (AvgIpc) is 2.41. The maximum atomic E-state index is 11.9. The number of hydrogen-bond donors (Lipinski definition) is 2. The van der Waals surface area contributed by atoms with Crippen LogP contribution in [0.2, 0.25) is 0 Å². The lowest BCUT2D eigenvalue weighted by atomic mass is 10.1. The van der Waals surface area contributed by atoms with E-state index in [1.807, 2.05) is 19.1 Å². The number of hydrogen-bond acceptors (Lipinski definition) is 4. The first kappa shape index (κ1) is 17.6. The van der Waals surface area contributed by atoms with Crippen LogP contribution < -0.4 is 15.4 Å². The van der Waals surface area contributed by atoms with E-state index < -0.39 is 11.8 Å². The van der Waals surface area contributed by atoms with Gasteiger partial charge in [0.25, 0.3) is 11.8 Å². The molecule has 1 aliphatic heterocycles. The van der Waals surface area contributed by atoms with E-state index >= 15 is 0 Å². The Bertz CT molecular complexity index is 667. The summed E-state index contributed by atoms with van der Waals surface area (Å²) in [5, 5.41) is 4.86. The topological polar surface area (TPSA) is 67.4 Å². The van der Waals surface area contributed by atoms with Crippen LogP contribution in [0.4, 0.5) is 0 Å². The number of ether oxygens (including phenoxy) is 1. The predicted octanol–water partition coefficient (Wildman–Crippen LogP) is 2.60. The molecule has 1 fully saturated rings. The minimum Gasteiger partial charge on any atom is -0.492 e. The molecule has 2 amide bonds. The van der Waals surface area contributed by atoms with Gasteiger partial charge in [-0.3, -0.25) is 20.2 Å². The Hall–Kier alpha value is -0.750. The molecular formula is C14H12I2N2O3S. The summed E-state index contributed by atoms with van der Waals surface area (Å²) in [4.78, 5) is 23.9. The second-order valence-corrected chi connectivity index (χ2v) is 7.27. The summed E-state index contributed by atoms with van der Waals surface area (Å²) in [7, 11) is 0. The van der Waals surface area contributed by atoms with Crippen LogP contribution in [0.3, 0.4) is 0 Å². The van der Waals surface area contributed by atoms with Crippen LogP contribution in [0.5, 0.6) is 5.75 Å². The highest BCUT2D eigenvalue weighted by Gasteiger charge is 2.26. The summed E-state index contributed by atoms with van der Waals surface area (Å²) >= 11 is 9.14. The fourth-order valence-corrected chi connectivity index (χ4v) is 4.04. The smallest absolute Gasteiger partial charge is 0.263 e. The van der Waals surface area contributed by atoms with Gasteiger partial charge in [0.15, 0.2) is 5.11 Å². The van der Waals surface area contributed by atoms with E-state index in [-0.39, 0.29) is 10.7 Å². The van der Waals surface area contributed by atoms with Crippen molar-refractivity contribution in [1.29, 1.82) is 0 Å². The maximum Gasteiger partial charge on any atom is 0.263 e. The van der Waals surface area contributed by atoms with Gasteiger partial charge in [-0.25, -0.2) is 0 Å². The normalized spacial score (nSPS) is 14.5. The van der Waals surface area contributed by atoms with Crippen LogP contribution in [0.25, 0.3) is 6.08 Å². The monoisotopic (exact) mass is 542 g/mol. The lowest BCUT2D eigenvalue weighted by molar-refractivity contribution is -0.123. The van der Waals surface area contributed by atoms with Crippen molar-refractivity contribution in [3.63, 3.8) is 0 Å². The molecule has 0 aliphatic carbocycles. The van der Waals surface area contributed by atoms with E-state index in [1.165, 1.54) is 6.08 Å². The zero-order valence-electron chi connectivity index (χ0n) is 11.5. The number of nitrogens with one attached hydrogen (secondary N) is 2. The van der Waals surface area contributed by atoms with Crippen molar-refractivity contribution in [2.75, 3.05) is 6.61 Å². The Morgan fingerprint density at radius 3 is 2.45 bits per heavy atom. The number of amides is 2. The number of carbonyl (C=O) groups is 2. The van der Waals surface area contributed by atoms with Crippen molar-refractivity contribution in [3.05, 3.63) is 30.4 Å². The van der Waals surface area contributed by atoms with Gasteiger partial charge < -0.3 is 4.74 Å². The van der Waals surface area contributed by atoms with Crippen molar-refractivity contribution in [2.24, 2.45) is 0 Å². The first-order valence-corrected chi connectivity index (χ1v) is 8.99. The fraction of sp³-hybridized carbons (Fsp3) is 0.214. The molecule has 1 aromatic carbocycles. The molecule has 116 valence electrons. The number of thiocarbonyl (C=S) groups is 1. The van der Waals surface area contributed by atoms with Gasteiger partial charge in [-0.1, -0.05) is 6.92 Å². The van der Waals surface area contributed by atoms with E-state index in [9.17, 15) is 9.59 Å². The zero-order valence-corrected chi connectivity index (χ0v) is 16.7. The van der Waals surface area contributed by atoms with E-state index in [0.717, 1.165) is 13.6 Å². The van der Waals surface area contributed by atoms with Gasteiger partial charge in [-0.15, -0.1) is 0 Å². The molecule has 8 heteroatoms. The molecule has 0 saturated carbocycles. The van der Waals surface area contributed by atoms with Gasteiger partial charge >= 0.3 is 0 Å². The Kier molecular flexibility index (Phi) is 6.15. The molecular weight excluding hydrogens is 530 g/mol. The molecule has 0 atom stereocenters.